The van der Waals surface area contributed by atoms with Gasteiger partial charge in [0, 0.05) is 45.0 Å². The summed E-state index contributed by atoms with van der Waals surface area (Å²) in [6.45, 7) is 3.28. The minimum Gasteiger partial charge on any atom is -0.325 e. The second-order valence-electron chi connectivity index (χ2n) is 7.17. The molecule has 1 N–H and O–H groups in total. The number of nitrogens with zero attached hydrogens (tertiary/aromatic N) is 3. The molecule has 0 spiro atoms. The van der Waals surface area contributed by atoms with Gasteiger partial charge >= 0.3 is 0 Å². The van der Waals surface area contributed by atoms with Crippen LogP contribution in [0, 0.1) is 0 Å². The molecule has 2 aliphatic rings. The van der Waals surface area contributed by atoms with Gasteiger partial charge in [0.25, 0.3) is 10.2 Å². The van der Waals surface area contributed by atoms with Crippen LogP contribution < -0.4 is 5.32 Å². The first-order chi connectivity index (χ1) is 13.4. The maximum absolute atomic E-state index is 12.9. The van der Waals surface area contributed by atoms with Crippen LogP contribution in [0.1, 0.15) is 25.7 Å². The van der Waals surface area contributed by atoms with Crippen molar-refractivity contribution in [1.82, 2.24) is 13.5 Å². The molecule has 0 saturated carbocycles. The van der Waals surface area contributed by atoms with Crippen LogP contribution in [0.3, 0.4) is 0 Å². The van der Waals surface area contributed by atoms with Gasteiger partial charge in [-0.3, -0.25) is 9.69 Å². The molecule has 0 aromatic heterocycles. The largest absolute Gasteiger partial charge is 0.325 e. The number of anilines is 1. The van der Waals surface area contributed by atoms with Crippen molar-refractivity contribution in [2.24, 2.45) is 0 Å². The molecule has 7 nitrogen and oxygen atoms in total. The Bertz CT molecular complexity index is 790. The summed E-state index contributed by atoms with van der Waals surface area (Å²) in [5.41, 5.74) is 0.585. The molecule has 0 aliphatic carbocycles. The van der Waals surface area contributed by atoms with Gasteiger partial charge in [-0.2, -0.15) is 17.0 Å². The zero-order valence-corrected chi connectivity index (χ0v) is 18.1. The molecule has 28 heavy (non-hydrogen) atoms. The molecule has 10 heteroatoms. The Morgan fingerprint density at radius 1 is 0.893 bits per heavy atom. The number of halogens is 2. The van der Waals surface area contributed by atoms with Crippen molar-refractivity contribution in [3.8, 4) is 0 Å². The fourth-order valence-corrected chi connectivity index (χ4v) is 5.50. The molecule has 2 saturated heterocycles. The van der Waals surface area contributed by atoms with Crippen molar-refractivity contribution in [1.29, 1.82) is 0 Å². The van der Waals surface area contributed by atoms with E-state index in [-0.39, 0.29) is 12.5 Å². The topological polar surface area (TPSA) is 73.0 Å². The number of hydrogen-bond donors (Lipinski definition) is 1. The van der Waals surface area contributed by atoms with Crippen LogP contribution in [-0.4, -0.2) is 73.6 Å². The average molecular weight is 449 g/mol. The summed E-state index contributed by atoms with van der Waals surface area (Å²) in [4.78, 5) is 14.2. The van der Waals surface area contributed by atoms with E-state index in [9.17, 15) is 13.2 Å². The Hall–Kier alpha value is -0.900. The summed E-state index contributed by atoms with van der Waals surface area (Å²) < 4.78 is 28.9. The summed E-state index contributed by atoms with van der Waals surface area (Å²) >= 11 is 11.8. The van der Waals surface area contributed by atoms with Crippen molar-refractivity contribution in [2.45, 2.75) is 25.7 Å². The number of benzene rings is 1. The van der Waals surface area contributed by atoms with Crippen LogP contribution in [0.25, 0.3) is 0 Å². The smallest absolute Gasteiger partial charge is 0.282 e. The Morgan fingerprint density at radius 2 is 1.50 bits per heavy atom. The second-order valence-corrected chi connectivity index (χ2v) is 9.92. The van der Waals surface area contributed by atoms with Gasteiger partial charge in [0.1, 0.15) is 0 Å². The molecule has 0 bridgehead atoms. The predicted molar refractivity (Wildman–Crippen MR) is 112 cm³/mol. The van der Waals surface area contributed by atoms with E-state index in [0.717, 1.165) is 25.7 Å². The van der Waals surface area contributed by atoms with E-state index in [1.165, 1.54) is 0 Å². The maximum Gasteiger partial charge on any atom is 0.282 e. The van der Waals surface area contributed by atoms with Crippen molar-refractivity contribution in [2.75, 3.05) is 51.1 Å². The molecular formula is C18H26Cl2N4O3S. The van der Waals surface area contributed by atoms with Crippen LogP contribution in [0.15, 0.2) is 18.2 Å². The zero-order valence-electron chi connectivity index (χ0n) is 15.7. The molecule has 1 amide bonds. The number of carbonyl (C=O) groups is 1. The van der Waals surface area contributed by atoms with E-state index in [1.807, 2.05) is 4.90 Å². The van der Waals surface area contributed by atoms with E-state index in [2.05, 4.69) is 5.32 Å². The monoisotopic (exact) mass is 448 g/mol. The second kappa shape index (κ2) is 9.73. The summed E-state index contributed by atoms with van der Waals surface area (Å²) in [6, 6.07) is 4.93. The van der Waals surface area contributed by atoms with Gasteiger partial charge in [-0.25, -0.2) is 0 Å². The first-order valence-electron chi connectivity index (χ1n) is 9.59. The fourth-order valence-electron chi connectivity index (χ4n) is 3.53. The van der Waals surface area contributed by atoms with Crippen molar-refractivity contribution in [3.05, 3.63) is 28.2 Å². The average Bonchev–Trinajstić information content (AvgIpc) is 2.95. The van der Waals surface area contributed by atoms with E-state index < -0.39 is 10.2 Å². The summed E-state index contributed by atoms with van der Waals surface area (Å²) in [5.74, 6) is -0.165. The standard InChI is InChI=1S/C18H26Cl2N4O3S/c19-16-6-5-15(13-17(16)20)21-18(25)14-22-9-11-24(12-10-22)28(26,27)23-7-3-1-2-4-8-23/h5-6,13H,1-4,7-12,14H2,(H,21,25). The highest BCUT2D eigenvalue weighted by atomic mass is 35.5. The molecule has 156 valence electrons. The number of piperazine rings is 1. The summed E-state index contributed by atoms with van der Waals surface area (Å²) in [6.07, 6.45) is 4.03. The van der Waals surface area contributed by atoms with Crippen LogP contribution in [0.2, 0.25) is 10.0 Å². The van der Waals surface area contributed by atoms with Crippen LogP contribution in [0.4, 0.5) is 5.69 Å². The summed E-state index contributed by atoms with van der Waals surface area (Å²) in [7, 11) is -3.41. The molecule has 0 atom stereocenters. The first-order valence-corrected chi connectivity index (χ1v) is 11.7. The first kappa shape index (κ1) is 21.8. The lowest BCUT2D eigenvalue weighted by molar-refractivity contribution is -0.117. The van der Waals surface area contributed by atoms with Gasteiger partial charge in [0.15, 0.2) is 0 Å². The van der Waals surface area contributed by atoms with Crippen molar-refractivity contribution < 1.29 is 13.2 Å². The van der Waals surface area contributed by atoms with Gasteiger partial charge in [0.05, 0.1) is 16.6 Å². The number of amides is 1. The number of carbonyl (C=O) groups excluding carboxylic acids is 1. The lowest BCUT2D eigenvalue weighted by Crippen LogP contribution is -2.54. The van der Waals surface area contributed by atoms with Crippen LogP contribution in [0.5, 0.6) is 0 Å². The third kappa shape index (κ3) is 5.58. The third-order valence-corrected chi connectivity index (χ3v) is 7.89. The van der Waals surface area contributed by atoms with Crippen LogP contribution >= 0.6 is 23.2 Å². The third-order valence-electron chi connectivity index (χ3n) is 5.12. The fraction of sp³-hybridized carbons (Fsp3) is 0.611. The minimum absolute atomic E-state index is 0.165. The molecule has 3 rings (SSSR count). The molecular weight excluding hydrogens is 423 g/mol. The highest BCUT2D eigenvalue weighted by Crippen LogP contribution is 2.25. The highest BCUT2D eigenvalue weighted by molar-refractivity contribution is 7.86. The van der Waals surface area contributed by atoms with Crippen LogP contribution in [-0.2, 0) is 15.0 Å². The lowest BCUT2D eigenvalue weighted by Gasteiger charge is -2.36. The normalized spacial score (nSPS) is 20.6. The quantitative estimate of drug-likeness (QED) is 0.751. The van der Waals surface area contributed by atoms with Gasteiger partial charge in [-0.05, 0) is 31.0 Å². The molecule has 0 radical (unpaired) electrons. The maximum atomic E-state index is 12.9. The molecule has 2 fully saturated rings. The van der Waals surface area contributed by atoms with Crippen molar-refractivity contribution in [3.63, 3.8) is 0 Å². The predicted octanol–water partition coefficient (Wildman–Crippen LogP) is 2.67. The zero-order chi connectivity index (χ0) is 20.1. The Balaban J connectivity index is 1.49. The van der Waals surface area contributed by atoms with E-state index >= 15 is 0 Å². The molecule has 2 aliphatic heterocycles. The summed E-state index contributed by atoms with van der Waals surface area (Å²) in [5, 5.41) is 3.61. The van der Waals surface area contributed by atoms with Crippen molar-refractivity contribution >= 4 is 45.0 Å². The van der Waals surface area contributed by atoms with E-state index in [0.29, 0.717) is 55.0 Å². The SMILES string of the molecule is O=C(CN1CCN(S(=O)(=O)N2CCCCCC2)CC1)Nc1ccc(Cl)c(Cl)c1. The number of rotatable bonds is 5. The van der Waals surface area contributed by atoms with Gasteiger partial charge in [-0.15, -0.1) is 0 Å². The molecule has 1 aromatic carbocycles. The highest BCUT2D eigenvalue weighted by Gasteiger charge is 2.32. The lowest BCUT2D eigenvalue weighted by atomic mass is 10.2. The molecule has 0 unspecified atom stereocenters. The number of nitrogens with one attached hydrogen (secondary N) is 1. The van der Waals surface area contributed by atoms with Gasteiger partial charge < -0.3 is 5.32 Å². The van der Waals surface area contributed by atoms with E-state index in [4.69, 9.17) is 23.2 Å². The Kier molecular flexibility index (Phi) is 7.58. The number of hydrogen-bond acceptors (Lipinski definition) is 4. The molecule has 2 heterocycles. The Morgan fingerprint density at radius 3 is 2.11 bits per heavy atom. The van der Waals surface area contributed by atoms with Gasteiger partial charge in [0.2, 0.25) is 5.91 Å². The minimum atomic E-state index is -3.41. The van der Waals surface area contributed by atoms with E-state index in [1.54, 1.807) is 26.8 Å². The van der Waals surface area contributed by atoms with Gasteiger partial charge in [-0.1, -0.05) is 36.0 Å². The Labute approximate surface area is 176 Å². The molecule has 1 aromatic rings.